The fourth-order valence-electron chi connectivity index (χ4n) is 14.2. The quantitative estimate of drug-likeness (QED) is 0.112. The molecule has 5 aliphatic carbocycles. The number of fused-ring (bicyclic) bond motifs is 7. The maximum absolute atomic E-state index is 13.9. The highest BCUT2D eigenvalue weighted by atomic mass is 16.1. The van der Waals surface area contributed by atoms with Gasteiger partial charge in [0.2, 0.25) is 0 Å². The van der Waals surface area contributed by atoms with Crippen molar-refractivity contribution in [2.45, 2.75) is 209 Å². The molecule has 4 saturated carbocycles. The number of rotatable bonds is 17. The van der Waals surface area contributed by atoms with Gasteiger partial charge in [-0.05, 0) is 122 Å². The molecule has 4 fully saturated rings. The van der Waals surface area contributed by atoms with E-state index in [-0.39, 0.29) is 11.3 Å². The number of carbonyl (C=O) groups excluding carboxylic acids is 1. The van der Waals surface area contributed by atoms with E-state index in [1.54, 1.807) is 0 Å². The molecule has 274 valence electrons. The highest BCUT2D eigenvalue weighted by molar-refractivity contribution is 5.82. The Kier molecular flexibility index (Phi) is 12.3. The van der Waals surface area contributed by atoms with Gasteiger partial charge in [0.15, 0.2) is 0 Å². The first kappa shape index (κ1) is 38.4. The molecule has 9 atom stereocenters. The van der Waals surface area contributed by atoms with E-state index in [1.165, 1.54) is 140 Å². The van der Waals surface area contributed by atoms with Crippen molar-refractivity contribution in [1.82, 2.24) is 0 Å². The van der Waals surface area contributed by atoms with Crippen molar-refractivity contribution >= 4 is 5.78 Å². The van der Waals surface area contributed by atoms with Crippen LogP contribution < -0.4 is 0 Å². The van der Waals surface area contributed by atoms with E-state index in [0.717, 1.165) is 37.0 Å². The van der Waals surface area contributed by atoms with Crippen molar-refractivity contribution in [1.29, 1.82) is 0 Å². The Morgan fingerprint density at radius 2 is 1.29 bits per heavy atom. The van der Waals surface area contributed by atoms with Crippen LogP contribution in [-0.2, 0) is 4.79 Å². The predicted molar refractivity (Wildman–Crippen MR) is 208 cm³/mol. The first-order valence-corrected chi connectivity index (χ1v) is 21.7. The maximum atomic E-state index is 13.9. The van der Waals surface area contributed by atoms with Crippen molar-refractivity contribution in [3.05, 3.63) is 23.8 Å². The Bertz CT molecular complexity index is 1140. The molecule has 0 aromatic rings. The van der Waals surface area contributed by atoms with Crippen molar-refractivity contribution in [2.24, 2.45) is 56.7 Å². The monoisotopic (exact) mass is 661 g/mol. The van der Waals surface area contributed by atoms with Crippen LogP contribution in [0.1, 0.15) is 209 Å². The first-order chi connectivity index (χ1) is 22.8. The minimum absolute atomic E-state index is 0.107. The Hall–Kier alpha value is -0.850. The lowest BCUT2D eigenvalue weighted by Crippen LogP contribution is -2.64. The number of carbonyl (C=O) groups is 1. The molecule has 0 N–H and O–H groups in total. The molecule has 0 aromatic carbocycles. The van der Waals surface area contributed by atoms with Gasteiger partial charge in [-0.3, -0.25) is 4.79 Å². The van der Waals surface area contributed by atoms with Gasteiger partial charge in [-0.25, -0.2) is 0 Å². The van der Waals surface area contributed by atoms with Crippen LogP contribution in [0.25, 0.3) is 0 Å². The van der Waals surface area contributed by atoms with E-state index in [2.05, 4.69) is 68.0 Å². The molecule has 0 radical (unpaired) electrons. The van der Waals surface area contributed by atoms with Gasteiger partial charge in [0.25, 0.3) is 0 Å². The van der Waals surface area contributed by atoms with Crippen molar-refractivity contribution in [2.75, 3.05) is 0 Å². The molecule has 1 nitrogen and oxygen atoms in total. The second-order valence-corrected chi connectivity index (χ2v) is 20.0. The lowest BCUT2D eigenvalue weighted by molar-refractivity contribution is -0.191. The third-order valence-electron chi connectivity index (χ3n) is 17.1. The van der Waals surface area contributed by atoms with Crippen LogP contribution in [-0.4, -0.2) is 5.78 Å². The zero-order chi connectivity index (χ0) is 34.8. The molecule has 0 spiro atoms. The summed E-state index contributed by atoms with van der Waals surface area (Å²) >= 11 is 0. The van der Waals surface area contributed by atoms with Gasteiger partial charge in [0.05, 0.1) is 0 Å². The third kappa shape index (κ3) is 6.87. The molecule has 0 bridgehead atoms. The van der Waals surface area contributed by atoms with Gasteiger partial charge < -0.3 is 0 Å². The lowest BCUT2D eigenvalue weighted by atomic mass is 9.33. The van der Waals surface area contributed by atoms with Gasteiger partial charge in [0.1, 0.15) is 5.78 Å². The SMILES string of the molecule is C=C(C)C1CCC2(C)C3=CCC4C5(C)CCC(C(=O)CCCCCCCCCCCCCCCC)C(C)(C)C5CCC4(C)C3(C)CCC12. The zero-order valence-electron chi connectivity index (χ0n) is 33.6. The molecule has 48 heavy (non-hydrogen) atoms. The second-order valence-electron chi connectivity index (χ2n) is 20.0. The molecule has 0 saturated heterocycles. The molecule has 5 rings (SSSR count). The minimum atomic E-state index is 0.107. The average Bonchev–Trinajstić information content (AvgIpc) is 3.38. The summed E-state index contributed by atoms with van der Waals surface area (Å²) in [5.74, 6) is 3.77. The fourth-order valence-corrected chi connectivity index (χ4v) is 14.2. The summed E-state index contributed by atoms with van der Waals surface area (Å²) in [5, 5.41) is 0. The number of hydrogen-bond acceptors (Lipinski definition) is 1. The van der Waals surface area contributed by atoms with Crippen LogP contribution in [0.3, 0.4) is 0 Å². The summed E-state index contributed by atoms with van der Waals surface area (Å²) in [6.45, 7) is 24.9. The normalized spacial score (nSPS) is 39.9. The maximum Gasteiger partial charge on any atom is 0.136 e. The van der Waals surface area contributed by atoms with Crippen molar-refractivity contribution in [3.63, 3.8) is 0 Å². The number of hydrogen-bond donors (Lipinski definition) is 0. The molecule has 0 heterocycles. The van der Waals surface area contributed by atoms with E-state index < -0.39 is 0 Å². The molecule has 9 unspecified atom stereocenters. The summed E-state index contributed by atoms with van der Waals surface area (Å²) in [4.78, 5) is 13.9. The molecular formula is C47H80O. The van der Waals surface area contributed by atoms with E-state index >= 15 is 0 Å². The van der Waals surface area contributed by atoms with Crippen molar-refractivity contribution in [3.8, 4) is 0 Å². The van der Waals surface area contributed by atoms with Crippen LogP contribution in [0.2, 0.25) is 0 Å². The zero-order valence-corrected chi connectivity index (χ0v) is 33.6. The number of allylic oxidation sites excluding steroid dienone is 3. The number of ketones is 1. The van der Waals surface area contributed by atoms with E-state index in [1.807, 2.05) is 5.57 Å². The Labute approximate surface area is 299 Å². The second kappa shape index (κ2) is 15.4. The lowest BCUT2D eigenvalue weighted by Gasteiger charge is -2.71. The first-order valence-electron chi connectivity index (χ1n) is 21.7. The highest BCUT2D eigenvalue weighted by Crippen LogP contribution is 2.77. The fraction of sp³-hybridized carbons (Fsp3) is 0.894. The molecule has 5 aliphatic rings. The summed E-state index contributed by atoms with van der Waals surface area (Å²) in [5.41, 5.74) is 4.75. The van der Waals surface area contributed by atoms with E-state index in [4.69, 9.17) is 0 Å². The third-order valence-corrected chi connectivity index (χ3v) is 17.1. The number of Topliss-reactive ketones (excluding diaryl/α,β-unsaturated/α-hetero) is 1. The molecule has 0 amide bonds. The molecule has 0 aliphatic heterocycles. The highest BCUT2D eigenvalue weighted by Gasteiger charge is 2.69. The van der Waals surface area contributed by atoms with Gasteiger partial charge in [0, 0.05) is 12.3 Å². The summed E-state index contributed by atoms with van der Waals surface area (Å²) in [7, 11) is 0. The van der Waals surface area contributed by atoms with Crippen LogP contribution in [0.4, 0.5) is 0 Å². The van der Waals surface area contributed by atoms with Gasteiger partial charge >= 0.3 is 0 Å². The largest absolute Gasteiger partial charge is 0.299 e. The van der Waals surface area contributed by atoms with Gasteiger partial charge in [-0.2, -0.15) is 0 Å². The van der Waals surface area contributed by atoms with Crippen LogP contribution in [0.5, 0.6) is 0 Å². The molecular weight excluding hydrogens is 581 g/mol. The summed E-state index contributed by atoms with van der Waals surface area (Å²) in [6, 6.07) is 0. The minimum Gasteiger partial charge on any atom is -0.299 e. The number of unbranched alkanes of at least 4 members (excludes halogenated alkanes) is 13. The smallest absolute Gasteiger partial charge is 0.136 e. The molecule has 0 aromatic heterocycles. The van der Waals surface area contributed by atoms with Crippen LogP contribution >= 0.6 is 0 Å². The average molecular weight is 661 g/mol. The Morgan fingerprint density at radius 1 is 0.708 bits per heavy atom. The van der Waals surface area contributed by atoms with E-state index in [9.17, 15) is 4.79 Å². The van der Waals surface area contributed by atoms with Crippen LogP contribution in [0, 0.1) is 56.7 Å². The van der Waals surface area contributed by atoms with Crippen molar-refractivity contribution < 1.29 is 4.79 Å². The summed E-state index contributed by atoms with van der Waals surface area (Å²) < 4.78 is 0. The Morgan fingerprint density at radius 3 is 1.88 bits per heavy atom. The summed E-state index contributed by atoms with van der Waals surface area (Å²) in [6.07, 6.45) is 34.6. The van der Waals surface area contributed by atoms with Gasteiger partial charge in [-0.15, -0.1) is 0 Å². The predicted octanol–water partition coefficient (Wildman–Crippen LogP) is 14.6. The standard InChI is InChI=1S/C47H80O/c1-10-11-12-13-14-15-16-17-18-19-20-21-22-23-24-39(48)38-28-32-45(7)40(43(38,4)5)30-34-47(9)42(45)26-25-41-44(6)31-27-36(35(2)3)37(44)29-33-46(41,47)8/h25,36-38,40,42H,2,10-24,26-34H2,1,3-9H3. The van der Waals surface area contributed by atoms with Crippen LogP contribution in [0.15, 0.2) is 23.8 Å². The Balaban J connectivity index is 1.12. The topological polar surface area (TPSA) is 17.1 Å². The van der Waals surface area contributed by atoms with Gasteiger partial charge in [-0.1, -0.05) is 156 Å². The molecule has 1 heteroatoms. The van der Waals surface area contributed by atoms with E-state index in [0.29, 0.717) is 33.4 Å².